The largest absolute Gasteiger partial charge is 0.478 e. The molecule has 0 spiro atoms. The predicted octanol–water partition coefficient (Wildman–Crippen LogP) is 5.47. The van der Waals surface area contributed by atoms with Crippen LogP contribution < -0.4 is 0 Å². The van der Waals surface area contributed by atoms with E-state index in [-0.39, 0.29) is 11.1 Å². The number of allylic oxidation sites excluding steroid dienone is 2. The lowest BCUT2D eigenvalue weighted by Crippen LogP contribution is -1.99. The number of benzene rings is 1. The van der Waals surface area contributed by atoms with Crippen molar-refractivity contribution in [2.45, 2.75) is 13.8 Å². The van der Waals surface area contributed by atoms with Gasteiger partial charge >= 0.3 is 11.9 Å². The Bertz CT molecular complexity index is 445. The maximum Gasteiger partial charge on any atom is 0.335 e. The molecule has 0 aliphatic carbocycles. The third kappa shape index (κ3) is 19.5. The standard InChI is InChI=1S/C8H6O4.C4H6S.2C3H6/c9-7(10)5-1-2-6(4-3-5)8(11)12;1-3-5-4-2;2*1-3-2/h1-4H,(H,9,10)(H,11,12);3-4H,1-2H2;2*3H,1H2,2H3. The van der Waals surface area contributed by atoms with Crippen LogP contribution in [0.15, 0.2) is 73.5 Å². The van der Waals surface area contributed by atoms with E-state index in [1.807, 2.05) is 13.8 Å². The van der Waals surface area contributed by atoms with E-state index in [0.717, 1.165) is 0 Å². The first-order chi connectivity index (χ1) is 10.9. The molecule has 4 nitrogen and oxygen atoms in total. The van der Waals surface area contributed by atoms with Gasteiger partial charge in [0, 0.05) is 0 Å². The number of rotatable bonds is 4. The highest BCUT2D eigenvalue weighted by Crippen LogP contribution is 2.03. The molecule has 0 aliphatic heterocycles. The van der Waals surface area contributed by atoms with Crippen LogP contribution in [0, 0.1) is 0 Å². The quantitative estimate of drug-likeness (QED) is 0.713. The number of carbonyl (C=O) groups is 2. The molecule has 0 unspecified atom stereocenters. The highest BCUT2D eigenvalue weighted by atomic mass is 32.2. The van der Waals surface area contributed by atoms with Gasteiger partial charge in [0.05, 0.1) is 11.1 Å². The van der Waals surface area contributed by atoms with Crippen LogP contribution in [0.4, 0.5) is 0 Å². The fourth-order valence-electron chi connectivity index (χ4n) is 0.823. The zero-order chi connectivity index (χ0) is 18.7. The molecule has 1 aromatic rings. The zero-order valence-electron chi connectivity index (χ0n) is 13.6. The lowest BCUT2D eigenvalue weighted by molar-refractivity contribution is 0.0681. The molecule has 1 aromatic carbocycles. The van der Waals surface area contributed by atoms with Crippen molar-refractivity contribution in [3.63, 3.8) is 0 Å². The summed E-state index contributed by atoms with van der Waals surface area (Å²) in [4.78, 5) is 20.7. The first-order valence-corrected chi connectivity index (χ1v) is 7.38. The topological polar surface area (TPSA) is 74.6 Å². The molecule has 126 valence electrons. The van der Waals surface area contributed by atoms with Crippen LogP contribution >= 0.6 is 11.8 Å². The SMILES string of the molecule is C=CC.C=CC.C=CSC=C.O=C(O)c1ccc(C(=O)O)cc1. The van der Waals surface area contributed by atoms with Crippen molar-refractivity contribution in [2.75, 3.05) is 0 Å². The van der Waals surface area contributed by atoms with Gasteiger partial charge in [-0.25, -0.2) is 9.59 Å². The molecule has 0 amide bonds. The van der Waals surface area contributed by atoms with Gasteiger partial charge in [0.1, 0.15) is 0 Å². The van der Waals surface area contributed by atoms with Gasteiger partial charge in [-0.1, -0.05) is 25.3 Å². The number of thioether (sulfide) groups is 1. The molecule has 0 heterocycles. The summed E-state index contributed by atoms with van der Waals surface area (Å²) in [7, 11) is 0. The van der Waals surface area contributed by atoms with E-state index < -0.39 is 11.9 Å². The average molecular weight is 336 g/mol. The minimum absolute atomic E-state index is 0.0833. The maximum absolute atomic E-state index is 10.3. The summed E-state index contributed by atoms with van der Waals surface area (Å²) in [5.74, 6) is -2.13. The molecule has 0 aliphatic rings. The van der Waals surface area contributed by atoms with Gasteiger partial charge in [0.25, 0.3) is 0 Å². The van der Waals surface area contributed by atoms with Gasteiger partial charge in [0.15, 0.2) is 0 Å². The molecular formula is C18H24O4S. The van der Waals surface area contributed by atoms with Crippen LogP contribution in [0.5, 0.6) is 0 Å². The van der Waals surface area contributed by atoms with Crippen LogP contribution in [0.25, 0.3) is 0 Å². The molecular weight excluding hydrogens is 312 g/mol. The summed E-state index contributed by atoms with van der Waals surface area (Å²) in [6.07, 6.45) is 3.50. The van der Waals surface area contributed by atoms with E-state index in [1.165, 1.54) is 36.0 Å². The summed E-state index contributed by atoms with van der Waals surface area (Å²) in [6, 6.07) is 5.02. The van der Waals surface area contributed by atoms with Gasteiger partial charge in [-0.15, -0.1) is 24.9 Å². The van der Waals surface area contributed by atoms with E-state index >= 15 is 0 Å². The molecule has 1 rings (SSSR count). The molecule has 23 heavy (non-hydrogen) atoms. The predicted molar refractivity (Wildman–Crippen MR) is 100 cm³/mol. The summed E-state index contributed by atoms with van der Waals surface area (Å²) in [5.41, 5.74) is 0.167. The van der Waals surface area contributed by atoms with Crippen molar-refractivity contribution in [2.24, 2.45) is 0 Å². The molecule has 0 atom stereocenters. The molecule has 0 aromatic heterocycles. The van der Waals surface area contributed by atoms with E-state index in [9.17, 15) is 9.59 Å². The molecule has 0 fully saturated rings. The first kappa shape index (κ1) is 25.4. The van der Waals surface area contributed by atoms with Crippen molar-refractivity contribution in [3.8, 4) is 0 Å². The molecule has 0 saturated heterocycles. The lowest BCUT2D eigenvalue weighted by atomic mass is 10.1. The Labute approximate surface area is 142 Å². The van der Waals surface area contributed by atoms with E-state index in [4.69, 9.17) is 10.2 Å². The van der Waals surface area contributed by atoms with Crippen LogP contribution in [-0.2, 0) is 0 Å². The fraction of sp³-hybridized carbons (Fsp3) is 0.111. The van der Waals surface area contributed by atoms with Crippen molar-refractivity contribution >= 4 is 23.7 Å². The second-order valence-electron chi connectivity index (χ2n) is 3.47. The number of carboxylic acid groups (broad SMARTS) is 2. The summed E-state index contributed by atoms with van der Waals surface area (Å²) in [6.45, 7) is 17.4. The van der Waals surface area contributed by atoms with Gasteiger partial charge in [0.2, 0.25) is 0 Å². The molecule has 2 N–H and O–H groups in total. The van der Waals surface area contributed by atoms with Crippen molar-refractivity contribution in [1.82, 2.24) is 0 Å². The Morgan fingerprint density at radius 3 is 1.13 bits per heavy atom. The Morgan fingerprint density at radius 1 is 0.826 bits per heavy atom. The normalized spacial score (nSPS) is 7.39. The Balaban J connectivity index is -0.000000303. The molecule has 0 saturated carbocycles. The van der Waals surface area contributed by atoms with Crippen molar-refractivity contribution < 1.29 is 19.8 Å². The van der Waals surface area contributed by atoms with E-state index in [0.29, 0.717) is 0 Å². The summed E-state index contributed by atoms with van der Waals surface area (Å²) < 4.78 is 0. The molecule has 0 radical (unpaired) electrons. The average Bonchev–Trinajstić information content (AvgIpc) is 2.50. The Hall–Kier alpha value is -2.53. The highest BCUT2D eigenvalue weighted by Gasteiger charge is 2.04. The van der Waals surface area contributed by atoms with Gasteiger partial charge in [-0.05, 0) is 48.9 Å². The number of aromatic carboxylic acids is 2. The van der Waals surface area contributed by atoms with Crippen LogP contribution in [0.1, 0.15) is 34.6 Å². The van der Waals surface area contributed by atoms with Crippen LogP contribution in [0.3, 0.4) is 0 Å². The van der Waals surface area contributed by atoms with Gasteiger partial charge in [-0.3, -0.25) is 0 Å². The Morgan fingerprint density at radius 2 is 1.04 bits per heavy atom. The molecule has 5 heteroatoms. The van der Waals surface area contributed by atoms with Gasteiger partial charge in [-0.2, -0.15) is 0 Å². The van der Waals surface area contributed by atoms with E-state index in [2.05, 4.69) is 26.3 Å². The third-order valence-electron chi connectivity index (χ3n) is 1.57. The zero-order valence-corrected chi connectivity index (χ0v) is 14.4. The second kappa shape index (κ2) is 19.5. The van der Waals surface area contributed by atoms with Gasteiger partial charge < -0.3 is 10.2 Å². The fourth-order valence-corrected chi connectivity index (χ4v) is 0.960. The Kier molecular flexibility index (Phi) is 21.5. The minimum atomic E-state index is -1.06. The monoisotopic (exact) mass is 336 g/mol. The third-order valence-corrected chi connectivity index (χ3v) is 1.96. The molecule has 0 bridgehead atoms. The number of hydrogen-bond donors (Lipinski definition) is 2. The maximum atomic E-state index is 10.3. The highest BCUT2D eigenvalue weighted by molar-refractivity contribution is 8.04. The van der Waals surface area contributed by atoms with Crippen LogP contribution in [-0.4, -0.2) is 22.2 Å². The number of hydrogen-bond acceptors (Lipinski definition) is 3. The first-order valence-electron chi connectivity index (χ1n) is 6.44. The lowest BCUT2D eigenvalue weighted by Gasteiger charge is -1.94. The van der Waals surface area contributed by atoms with Crippen LogP contribution in [0.2, 0.25) is 0 Å². The van der Waals surface area contributed by atoms with E-state index in [1.54, 1.807) is 23.0 Å². The van der Waals surface area contributed by atoms with Crippen molar-refractivity contribution in [1.29, 1.82) is 0 Å². The summed E-state index contributed by atoms with van der Waals surface area (Å²) in [5, 5.41) is 20.4. The minimum Gasteiger partial charge on any atom is -0.478 e. The summed E-state index contributed by atoms with van der Waals surface area (Å²) >= 11 is 1.49. The van der Waals surface area contributed by atoms with Crippen molar-refractivity contribution in [3.05, 3.63) is 84.7 Å². The number of carboxylic acids is 2. The smallest absolute Gasteiger partial charge is 0.335 e. The second-order valence-corrected chi connectivity index (χ2v) is 4.41.